The van der Waals surface area contributed by atoms with Gasteiger partial charge in [0.1, 0.15) is 4.90 Å². The number of piperidine rings is 2. The van der Waals surface area contributed by atoms with Crippen molar-refractivity contribution in [3.05, 3.63) is 11.9 Å². The summed E-state index contributed by atoms with van der Waals surface area (Å²) in [6, 6.07) is 0. The first-order valence-electron chi connectivity index (χ1n) is 9.66. The number of hydrogen-bond acceptors (Lipinski definition) is 7. The van der Waals surface area contributed by atoms with E-state index in [1.165, 1.54) is 12.5 Å². The minimum atomic E-state index is -3.37. The molecule has 2 N–H and O–H groups in total. The number of aromatic nitrogens is 2. The second-order valence-electron chi connectivity index (χ2n) is 8.18. The molecule has 4 rings (SSSR count). The van der Waals surface area contributed by atoms with E-state index in [1.807, 2.05) is 0 Å². The zero-order chi connectivity index (χ0) is 19.1. The van der Waals surface area contributed by atoms with Crippen LogP contribution in [0, 0.1) is 5.41 Å². The quantitative estimate of drug-likeness (QED) is 0.768. The van der Waals surface area contributed by atoms with Gasteiger partial charge in [-0.1, -0.05) is 0 Å². The average Bonchev–Trinajstić information content (AvgIpc) is 3.02. The van der Waals surface area contributed by atoms with Gasteiger partial charge >= 0.3 is 0 Å². The van der Waals surface area contributed by atoms with Crippen LogP contribution in [0.2, 0.25) is 0 Å². The molecule has 0 unspecified atom stereocenters. The fraction of sp³-hybridized carbons (Fsp3) is 0.722. The first kappa shape index (κ1) is 18.6. The van der Waals surface area contributed by atoms with E-state index < -0.39 is 9.84 Å². The second kappa shape index (κ2) is 7.01. The second-order valence-corrected chi connectivity index (χ2v) is 10.2. The molecule has 0 radical (unpaired) electrons. The molecule has 3 aliphatic heterocycles. The molecule has 1 amide bonds. The van der Waals surface area contributed by atoms with E-state index in [4.69, 9.17) is 4.98 Å². The standard InChI is InChI=1S/C18H27N5O3S/c1-27(25,26)14-11-20-17(22-16(14)13-3-2-6-19-10-13)23-7-4-18(5-8-23)9-15(24)21-12-18/h11,13,19H,2-10,12H2,1H3,(H,21,24)/t13-/m1/s1. The minimum Gasteiger partial charge on any atom is -0.356 e. The number of carbonyl (C=O) groups is 1. The van der Waals surface area contributed by atoms with Crippen LogP contribution < -0.4 is 15.5 Å². The van der Waals surface area contributed by atoms with Crippen molar-refractivity contribution in [2.45, 2.75) is 42.9 Å². The monoisotopic (exact) mass is 393 g/mol. The van der Waals surface area contributed by atoms with E-state index >= 15 is 0 Å². The first-order chi connectivity index (χ1) is 12.9. The average molecular weight is 394 g/mol. The molecule has 3 aliphatic rings. The van der Waals surface area contributed by atoms with Crippen LogP contribution >= 0.6 is 0 Å². The van der Waals surface area contributed by atoms with Crippen LogP contribution in [0.1, 0.15) is 43.7 Å². The minimum absolute atomic E-state index is 0.0659. The van der Waals surface area contributed by atoms with Gasteiger partial charge in [-0.15, -0.1) is 0 Å². The number of hydrogen-bond donors (Lipinski definition) is 2. The molecule has 148 valence electrons. The van der Waals surface area contributed by atoms with Crippen LogP contribution in [-0.2, 0) is 14.6 Å². The molecule has 0 aliphatic carbocycles. The maximum atomic E-state index is 12.2. The predicted molar refractivity (Wildman–Crippen MR) is 101 cm³/mol. The highest BCUT2D eigenvalue weighted by molar-refractivity contribution is 7.90. The summed E-state index contributed by atoms with van der Waals surface area (Å²) in [6.07, 6.45) is 7.09. The summed E-state index contributed by atoms with van der Waals surface area (Å²) in [6.45, 7) is 4.04. The lowest BCUT2D eigenvalue weighted by atomic mass is 9.78. The van der Waals surface area contributed by atoms with Crippen LogP contribution in [0.25, 0.3) is 0 Å². The highest BCUT2D eigenvalue weighted by Gasteiger charge is 2.41. The van der Waals surface area contributed by atoms with Gasteiger partial charge in [0.2, 0.25) is 11.9 Å². The van der Waals surface area contributed by atoms with Crippen molar-refractivity contribution in [2.75, 3.05) is 43.9 Å². The molecule has 27 heavy (non-hydrogen) atoms. The molecule has 0 bridgehead atoms. The fourth-order valence-corrected chi connectivity index (χ4v) is 5.31. The molecule has 0 aromatic carbocycles. The smallest absolute Gasteiger partial charge is 0.225 e. The maximum Gasteiger partial charge on any atom is 0.225 e. The largest absolute Gasteiger partial charge is 0.356 e. The number of rotatable bonds is 3. The van der Waals surface area contributed by atoms with Crippen molar-refractivity contribution in [2.24, 2.45) is 5.41 Å². The predicted octanol–water partition coefficient (Wildman–Crippen LogP) is 0.454. The van der Waals surface area contributed by atoms with Crippen LogP contribution in [0.4, 0.5) is 5.95 Å². The van der Waals surface area contributed by atoms with Crippen molar-refractivity contribution in [3.8, 4) is 0 Å². The first-order valence-corrected chi connectivity index (χ1v) is 11.5. The van der Waals surface area contributed by atoms with Crippen LogP contribution in [0.15, 0.2) is 11.1 Å². The van der Waals surface area contributed by atoms with Crippen molar-refractivity contribution in [1.82, 2.24) is 20.6 Å². The Bertz CT molecular complexity index is 827. The number of anilines is 1. The Morgan fingerprint density at radius 2 is 2.07 bits per heavy atom. The van der Waals surface area contributed by atoms with Crippen LogP contribution in [0.3, 0.4) is 0 Å². The maximum absolute atomic E-state index is 12.2. The highest BCUT2D eigenvalue weighted by atomic mass is 32.2. The molecular weight excluding hydrogens is 366 g/mol. The van der Waals surface area contributed by atoms with Gasteiger partial charge in [0, 0.05) is 44.8 Å². The Kier molecular flexibility index (Phi) is 4.84. The normalized spacial score (nSPS) is 25.6. The summed E-state index contributed by atoms with van der Waals surface area (Å²) < 4.78 is 24.5. The molecule has 3 fully saturated rings. The summed E-state index contributed by atoms with van der Waals surface area (Å²) in [5, 5.41) is 6.29. The third-order valence-electron chi connectivity index (χ3n) is 6.16. The van der Waals surface area contributed by atoms with Gasteiger partial charge in [-0.25, -0.2) is 18.4 Å². The van der Waals surface area contributed by atoms with E-state index in [0.717, 1.165) is 58.4 Å². The summed E-state index contributed by atoms with van der Waals surface area (Å²) >= 11 is 0. The summed E-state index contributed by atoms with van der Waals surface area (Å²) in [5.41, 5.74) is 0.712. The number of nitrogens with zero attached hydrogens (tertiary/aromatic N) is 3. The Morgan fingerprint density at radius 3 is 2.67 bits per heavy atom. The van der Waals surface area contributed by atoms with E-state index in [-0.39, 0.29) is 22.1 Å². The summed E-state index contributed by atoms with van der Waals surface area (Å²) in [7, 11) is -3.37. The lowest BCUT2D eigenvalue weighted by molar-refractivity contribution is -0.119. The zero-order valence-corrected chi connectivity index (χ0v) is 16.5. The van der Waals surface area contributed by atoms with E-state index in [0.29, 0.717) is 18.1 Å². The Labute approximate surface area is 160 Å². The van der Waals surface area contributed by atoms with Gasteiger partial charge in [0.05, 0.1) is 11.9 Å². The highest BCUT2D eigenvalue weighted by Crippen LogP contribution is 2.38. The van der Waals surface area contributed by atoms with Gasteiger partial charge in [0.25, 0.3) is 0 Å². The van der Waals surface area contributed by atoms with E-state index in [9.17, 15) is 13.2 Å². The van der Waals surface area contributed by atoms with Crippen molar-refractivity contribution in [1.29, 1.82) is 0 Å². The number of amides is 1. The fourth-order valence-electron chi connectivity index (χ4n) is 4.48. The molecule has 1 atom stereocenters. The number of sulfone groups is 1. The van der Waals surface area contributed by atoms with Gasteiger partial charge < -0.3 is 15.5 Å². The number of carbonyl (C=O) groups excluding carboxylic acids is 1. The molecule has 3 saturated heterocycles. The number of nitrogens with one attached hydrogen (secondary N) is 2. The molecule has 9 heteroatoms. The van der Waals surface area contributed by atoms with Crippen molar-refractivity contribution < 1.29 is 13.2 Å². The SMILES string of the molecule is CS(=O)(=O)c1cnc(N2CCC3(CC2)CNC(=O)C3)nc1[C@@H]1CCCNC1. The van der Waals surface area contributed by atoms with Gasteiger partial charge in [0.15, 0.2) is 9.84 Å². The molecule has 0 saturated carbocycles. The third-order valence-corrected chi connectivity index (χ3v) is 7.27. The summed E-state index contributed by atoms with van der Waals surface area (Å²) in [5.74, 6) is 0.845. The third kappa shape index (κ3) is 3.80. The molecule has 1 spiro atoms. The van der Waals surface area contributed by atoms with Crippen molar-refractivity contribution >= 4 is 21.7 Å². The summed E-state index contributed by atoms with van der Waals surface area (Å²) in [4.78, 5) is 23.1. The molecule has 8 nitrogen and oxygen atoms in total. The van der Waals surface area contributed by atoms with Crippen molar-refractivity contribution in [3.63, 3.8) is 0 Å². The molecular formula is C18H27N5O3S. The van der Waals surface area contributed by atoms with Gasteiger partial charge in [-0.2, -0.15) is 0 Å². The van der Waals surface area contributed by atoms with E-state index in [1.54, 1.807) is 0 Å². The lowest BCUT2D eigenvalue weighted by Crippen LogP contribution is -2.42. The molecule has 1 aromatic heterocycles. The van der Waals surface area contributed by atoms with Crippen LogP contribution in [-0.4, -0.2) is 63.3 Å². The Morgan fingerprint density at radius 1 is 1.30 bits per heavy atom. The Hall–Kier alpha value is -1.74. The topological polar surface area (TPSA) is 104 Å². The van der Waals surface area contributed by atoms with Gasteiger partial charge in [-0.05, 0) is 37.6 Å². The van der Waals surface area contributed by atoms with E-state index in [2.05, 4.69) is 20.5 Å². The zero-order valence-electron chi connectivity index (χ0n) is 15.7. The lowest BCUT2D eigenvalue weighted by Gasteiger charge is -2.38. The van der Waals surface area contributed by atoms with Crippen LogP contribution in [0.5, 0.6) is 0 Å². The molecule has 1 aromatic rings. The molecule has 4 heterocycles. The Balaban J connectivity index is 1.58. The van der Waals surface area contributed by atoms with Gasteiger partial charge in [-0.3, -0.25) is 4.79 Å².